The zero-order chi connectivity index (χ0) is 21.5. The van der Waals surface area contributed by atoms with Crippen molar-refractivity contribution in [2.24, 2.45) is 10.9 Å². The number of aliphatic imine (C=N–C) groups is 1. The number of benzene rings is 1. The second kappa shape index (κ2) is 10.6. The molecule has 0 N–H and O–H groups in total. The Balaban J connectivity index is 2.04. The van der Waals surface area contributed by atoms with E-state index in [0.717, 1.165) is 55.5 Å². The van der Waals surface area contributed by atoms with E-state index >= 15 is 0 Å². The van der Waals surface area contributed by atoms with Crippen molar-refractivity contribution in [1.29, 1.82) is 0 Å². The number of allylic oxidation sites excluding steroid dienone is 1. The Morgan fingerprint density at radius 3 is 2.57 bits per heavy atom. The van der Waals surface area contributed by atoms with Gasteiger partial charge in [-0.25, -0.2) is 4.79 Å². The quantitative estimate of drug-likeness (QED) is 0.404. The first kappa shape index (κ1) is 22.3. The van der Waals surface area contributed by atoms with E-state index in [1.807, 2.05) is 31.2 Å². The largest absolute Gasteiger partial charge is 0.493 e. The molecule has 0 aromatic heterocycles. The van der Waals surface area contributed by atoms with Crippen LogP contribution in [0.4, 0.5) is 0 Å². The lowest BCUT2D eigenvalue weighted by Crippen LogP contribution is -2.39. The molecule has 162 valence electrons. The average molecular weight is 412 g/mol. The summed E-state index contributed by atoms with van der Waals surface area (Å²) in [6.07, 6.45) is 5.89. The summed E-state index contributed by atoms with van der Waals surface area (Å²) in [5.41, 5.74) is 2.93. The van der Waals surface area contributed by atoms with Crippen molar-refractivity contribution in [2.45, 2.75) is 71.6 Å². The molecule has 1 heterocycles. The number of nitrogens with zero attached hydrogens (tertiary/aromatic N) is 1. The fraction of sp³-hybridized carbons (Fsp3) is 0.560. The predicted octanol–water partition coefficient (Wildman–Crippen LogP) is 5.39. The lowest BCUT2D eigenvalue weighted by atomic mass is 9.69. The van der Waals surface area contributed by atoms with Crippen LogP contribution in [0.3, 0.4) is 0 Å². The molecule has 1 saturated carbocycles. The standard InChI is InChI=1S/C25H33NO4/c1-4-6-15-29-21-14-9-8-11-18(21)23-22(25(28)30-16-7-5-2)17(3)26-19-12-10-13-20(27)24(19)23/h8-9,11,14,23-24H,4-7,10,12-13,15-16H2,1-3H3. The molecule has 2 unspecified atom stereocenters. The number of ether oxygens (including phenoxy) is 2. The molecule has 0 spiro atoms. The molecule has 0 saturated heterocycles. The molecule has 1 aromatic carbocycles. The lowest BCUT2D eigenvalue weighted by Gasteiger charge is -2.36. The first-order valence-electron chi connectivity index (χ1n) is 11.3. The third kappa shape index (κ3) is 4.82. The minimum Gasteiger partial charge on any atom is -0.493 e. The van der Waals surface area contributed by atoms with Gasteiger partial charge < -0.3 is 9.47 Å². The SMILES string of the molecule is CCCCOC(=O)C1=C(C)N=C2CCCC(=O)C2C1c1ccccc1OCCCC. The van der Waals surface area contributed by atoms with E-state index in [2.05, 4.69) is 13.8 Å². The van der Waals surface area contributed by atoms with E-state index in [0.29, 0.717) is 30.9 Å². The van der Waals surface area contributed by atoms with Crippen LogP contribution in [-0.4, -0.2) is 30.7 Å². The Bertz CT molecular complexity index is 839. The van der Waals surface area contributed by atoms with Gasteiger partial charge in [0.2, 0.25) is 0 Å². The fourth-order valence-electron chi connectivity index (χ4n) is 4.30. The number of rotatable bonds is 9. The number of para-hydroxylation sites is 1. The number of Topliss-reactive ketones (excluding diaryl/α,β-unsaturated/α-hetero) is 1. The van der Waals surface area contributed by atoms with Crippen molar-refractivity contribution in [3.05, 3.63) is 41.1 Å². The average Bonchev–Trinajstić information content (AvgIpc) is 2.73. The highest BCUT2D eigenvalue weighted by Gasteiger charge is 2.44. The van der Waals surface area contributed by atoms with Crippen LogP contribution in [0.5, 0.6) is 5.75 Å². The molecule has 5 nitrogen and oxygen atoms in total. The van der Waals surface area contributed by atoms with Crippen LogP contribution >= 0.6 is 0 Å². The Hall–Kier alpha value is -2.43. The van der Waals surface area contributed by atoms with Crippen molar-refractivity contribution in [3.63, 3.8) is 0 Å². The van der Waals surface area contributed by atoms with Gasteiger partial charge in [-0.2, -0.15) is 0 Å². The van der Waals surface area contributed by atoms with Crippen LogP contribution < -0.4 is 4.74 Å². The molecule has 30 heavy (non-hydrogen) atoms. The summed E-state index contributed by atoms with van der Waals surface area (Å²) in [5, 5.41) is 0. The van der Waals surface area contributed by atoms with Crippen molar-refractivity contribution < 1.29 is 19.1 Å². The van der Waals surface area contributed by atoms with E-state index in [-0.39, 0.29) is 11.8 Å². The molecule has 1 fully saturated rings. The van der Waals surface area contributed by atoms with Gasteiger partial charge >= 0.3 is 5.97 Å². The summed E-state index contributed by atoms with van der Waals surface area (Å²) in [4.78, 5) is 30.8. The van der Waals surface area contributed by atoms with Gasteiger partial charge in [-0.1, -0.05) is 44.9 Å². The minimum atomic E-state index is -0.410. The molecular formula is C25H33NO4. The van der Waals surface area contributed by atoms with E-state index in [4.69, 9.17) is 14.5 Å². The first-order valence-corrected chi connectivity index (χ1v) is 11.3. The van der Waals surface area contributed by atoms with Gasteiger partial charge in [0, 0.05) is 29.3 Å². The zero-order valence-corrected chi connectivity index (χ0v) is 18.4. The maximum atomic E-state index is 13.1. The van der Waals surface area contributed by atoms with E-state index in [9.17, 15) is 9.59 Å². The summed E-state index contributed by atoms with van der Waals surface area (Å²) >= 11 is 0. The highest BCUT2D eigenvalue weighted by atomic mass is 16.5. The third-order valence-corrected chi connectivity index (χ3v) is 5.87. The lowest BCUT2D eigenvalue weighted by molar-refractivity contribution is -0.139. The van der Waals surface area contributed by atoms with Crippen LogP contribution in [0.1, 0.15) is 77.2 Å². The van der Waals surface area contributed by atoms with E-state index < -0.39 is 11.8 Å². The Labute approximate surface area is 179 Å². The predicted molar refractivity (Wildman–Crippen MR) is 118 cm³/mol. The van der Waals surface area contributed by atoms with Crippen LogP contribution in [0.25, 0.3) is 0 Å². The van der Waals surface area contributed by atoms with Crippen LogP contribution in [0.15, 0.2) is 40.5 Å². The Kier molecular flexibility index (Phi) is 7.83. The van der Waals surface area contributed by atoms with Crippen LogP contribution in [0.2, 0.25) is 0 Å². The molecule has 5 heteroatoms. The number of hydrogen-bond acceptors (Lipinski definition) is 5. The molecule has 0 radical (unpaired) electrons. The number of fused-ring (bicyclic) bond motifs is 1. The summed E-state index contributed by atoms with van der Waals surface area (Å²) in [7, 11) is 0. The summed E-state index contributed by atoms with van der Waals surface area (Å²) in [6.45, 7) is 7.02. The summed E-state index contributed by atoms with van der Waals surface area (Å²) in [5.74, 6) is -0.290. The van der Waals surface area contributed by atoms with Crippen LogP contribution in [0, 0.1) is 5.92 Å². The van der Waals surface area contributed by atoms with Gasteiger partial charge in [0.25, 0.3) is 0 Å². The molecule has 0 amide bonds. The van der Waals surface area contributed by atoms with Gasteiger partial charge in [-0.05, 0) is 38.7 Å². The summed E-state index contributed by atoms with van der Waals surface area (Å²) in [6, 6.07) is 7.78. The Morgan fingerprint density at radius 2 is 1.80 bits per heavy atom. The van der Waals surface area contributed by atoms with Gasteiger partial charge in [-0.3, -0.25) is 9.79 Å². The molecule has 3 rings (SSSR count). The molecule has 0 bridgehead atoms. The van der Waals surface area contributed by atoms with Crippen molar-refractivity contribution in [2.75, 3.05) is 13.2 Å². The Morgan fingerprint density at radius 1 is 1.07 bits per heavy atom. The van der Waals surface area contributed by atoms with Gasteiger partial charge in [0.15, 0.2) is 0 Å². The van der Waals surface area contributed by atoms with Crippen molar-refractivity contribution in [1.82, 2.24) is 0 Å². The number of hydrogen-bond donors (Lipinski definition) is 0. The van der Waals surface area contributed by atoms with E-state index in [1.54, 1.807) is 0 Å². The molecular weight excluding hydrogens is 378 g/mol. The smallest absolute Gasteiger partial charge is 0.336 e. The normalized spacial score (nSPS) is 21.2. The highest BCUT2D eigenvalue weighted by molar-refractivity contribution is 6.11. The second-order valence-corrected chi connectivity index (χ2v) is 8.11. The fourth-order valence-corrected chi connectivity index (χ4v) is 4.30. The number of unbranched alkanes of at least 4 members (excludes halogenated alkanes) is 2. The maximum Gasteiger partial charge on any atom is 0.336 e. The molecule has 1 aromatic rings. The van der Waals surface area contributed by atoms with Crippen LogP contribution in [-0.2, 0) is 14.3 Å². The molecule has 2 aliphatic rings. The number of carbonyl (C=O) groups excluding carboxylic acids is 2. The van der Waals surface area contributed by atoms with Crippen molar-refractivity contribution in [3.8, 4) is 5.75 Å². The number of carbonyl (C=O) groups is 2. The highest BCUT2D eigenvalue weighted by Crippen LogP contribution is 2.45. The first-order chi connectivity index (χ1) is 14.6. The number of ketones is 1. The topological polar surface area (TPSA) is 65.0 Å². The zero-order valence-electron chi connectivity index (χ0n) is 18.4. The van der Waals surface area contributed by atoms with Gasteiger partial charge in [-0.15, -0.1) is 0 Å². The van der Waals surface area contributed by atoms with Gasteiger partial charge in [0.1, 0.15) is 11.5 Å². The third-order valence-electron chi connectivity index (χ3n) is 5.87. The molecule has 1 aliphatic carbocycles. The molecule has 1 aliphatic heterocycles. The second-order valence-electron chi connectivity index (χ2n) is 8.11. The van der Waals surface area contributed by atoms with Gasteiger partial charge in [0.05, 0.1) is 24.7 Å². The maximum absolute atomic E-state index is 13.1. The monoisotopic (exact) mass is 411 g/mol. The number of esters is 1. The molecule has 2 atom stereocenters. The summed E-state index contributed by atoms with van der Waals surface area (Å²) < 4.78 is 11.7. The van der Waals surface area contributed by atoms with E-state index in [1.165, 1.54) is 0 Å². The van der Waals surface area contributed by atoms with Crippen molar-refractivity contribution >= 4 is 17.5 Å². The minimum absolute atomic E-state index is 0.153.